The summed E-state index contributed by atoms with van der Waals surface area (Å²) in [7, 11) is 0. The zero-order valence-electron chi connectivity index (χ0n) is 49.6. The third kappa shape index (κ3) is 7.68. The van der Waals surface area contributed by atoms with Gasteiger partial charge >= 0.3 is 0 Å². The highest BCUT2D eigenvalue weighted by Crippen LogP contribution is 2.54. The normalized spacial score (nSPS) is 13.2. The van der Waals surface area contributed by atoms with Gasteiger partial charge in [0.05, 0.1) is 29.3 Å². The average molecular weight is 1050 g/mol. The number of fused-ring (bicyclic) bond motifs is 7. The predicted octanol–water partition coefficient (Wildman–Crippen LogP) is 18.9. The largest absolute Gasteiger partial charge is 0.310 e. The van der Waals surface area contributed by atoms with Gasteiger partial charge in [0.15, 0.2) is 0 Å². The van der Waals surface area contributed by atoms with E-state index in [1.165, 1.54) is 0 Å². The Morgan fingerprint density at radius 3 is 1.13 bits per heavy atom. The molecule has 0 atom stereocenters. The third-order valence-electron chi connectivity index (χ3n) is 16.6. The quantitative estimate of drug-likeness (QED) is 0.134. The van der Waals surface area contributed by atoms with Crippen LogP contribution in [-0.4, -0.2) is 11.3 Å². The fraction of sp³-hybridized carbons (Fsp3) is 0. The van der Waals surface area contributed by atoms with Crippen LogP contribution in [0, 0.1) is 0 Å². The average Bonchev–Trinajstić information content (AvgIpc) is 1.22. The summed E-state index contributed by atoms with van der Waals surface area (Å²) in [6, 6.07) is 99.4. The van der Waals surface area contributed by atoms with E-state index in [0.717, 1.165) is 134 Å². The standard InChI is InChI=1S/C78H52BN3/c1-7-25-53(26-8-1)59-45-47-68-72(49-59)81(77-62(55-29-11-3-12-30-55)39-23-40-63(77)56-31-13-4-14-32-56)74-50-60(54-27-9-2-10-28-54)51-75-76(74)79(68)69-48-46-61(80-70-43-21-19-37-66(70)67-38-20-22-44-71(67)80)52-73(69)82(75)78-64(57-33-15-5-16-34-57)41-24-42-65(78)58-35-17-6-18-36-58/h1-52H/i2D,9D,10D,27D,28D. The van der Waals surface area contributed by atoms with Crippen molar-refractivity contribution in [2.75, 3.05) is 9.80 Å². The Morgan fingerprint density at radius 1 is 0.280 bits per heavy atom. The molecular formula is C78H52BN3. The van der Waals surface area contributed by atoms with Gasteiger partial charge in [0.1, 0.15) is 0 Å². The fourth-order valence-electron chi connectivity index (χ4n) is 13.1. The van der Waals surface area contributed by atoms with Crippen LogP contribution in [0.25, 0.3) is 94.3 Å². The molecular weight excluding hydrogens is 990 g/mol. The molecule has 82 heavy (non-hydrogen) atoms. The van der Waals surface area contributed by atoms with Gasteiger partial charge in [0.2, 0.25) is 0 Å². The molecule has 0 fully saturated rings. The first-order valence-electron chi connectivity index (χ1n) is 30.5. The predicted molar refractivity (Wildman–Crippen MR) is 347 cm³/mol. The van der Waals surface area contributed by atoms with Gasteiger partial charge in [0.25, 0.3) is 6.71 Å². The van der Waals surface area contributed by atoms with Crippen LogP contribution in [0.4, 0.5) is 34.1 Å². The van der Waals surface area contributed by atoms with E-state index < -0.39 is 18.1 Å². The van der Waals surface area contributed by atoms with Crippen molar-refractivity contribution in [3.05, 3.63) is 315 Å². The van der Waals surface area contributed by atoms with E-state index in [9.17, 15) is 5.48 Å². The Bertz CT molecular complexity index is 4860. The Balaban J connectivity index is 1.11. The van der Waals surface area contributed by atoms with E-state index in [4.69, 9.17) is 1.37 Å². The summed E-state index contributed by atoms with van der Waals surface area (Å²) in [6.45, 7) is -0.383. The molecule has 4 heteroatoms. The van der Waals surface area contributed by atoms with E-state index in [0.29, 0.717) is 5.56 Å². The summed E-state index contributed by atoms with van der Waals surface area (Å²) in [6.07, 6.45) is 0. The molecule has 3 nitrogen and oxygen atoms in total. The first-order chi connectivity index (χ1) is 42.8. The molecule has 0 radical (unpaired) electrons. The maximum Gasteiger partial charge on any atom is 0.252 e. The Morgan fingerprint density at radius 2 is 0.671 bits per heavy atom. The monoisotopic (exact) mass is 1050 g/mol. The second-order valence-corrected chi connectivity index (χ2v) is 21.2. The van der Waals surface area contributed by atoms with Gasteiger partial charge in [-0.05, 0) is 103 Å². The Kier molecular flexibility index (Phi) is 10.1. The van der Waals surface area contributed by atoms with E-state index in [1.807, 2.05) is 18.2 Å². The number of hydrogen-bond donors (Lipinski definition) is 0. The minimum Gasteiger partial charge on any atom is -0.310 e. The molecule has 14 aromatic rings. The SMILES string of the molecule is [2H]c1c([2H])c([2H])c(-c2cc3c4c(c2)N(c2c(-c5ccccc5)cccc2-c2ccccc2)c2cc(-n5c6ccccc6c6ccccc65)ccc2B4c2ccc(-c4ccccc4)cc2N3c2c(-c3ccccc3)cccc2-c2ccccc2)c([2H])c1[2H]. The minimum atomic E-state index is -0.446. The van der Waals surface area contributed by atoms with Crippen molar-refractivity contribution in [3.8, 4) is 72.4 Å². The van der Waals surface area contributed by atoms with Gasteiger partial charge < -0.3 is 14.4 Å². The van der Waals surface area contributed by atoms with E-state index in [2.05, 4.69) is 281 Å². The number of aromatic nitrogens is 1. The highest BCUT2D eigenvalue weighted by molar-refractivity contribution is 7.00. The van der Waals surface area contributed by atoms with Gasteiger partial charge in [0, 0.05) is 61.5 Å². The van der Waals surface area contributed by atoms with Gasteiger partial charge in [-0.1, -0.05) is 273 Å². The van der Waals surface area contributed by atoms with Gasteiger partial charge in [-0.2, -0.15) is 0 Å². The lowest BCUT2D eigenvalue weighted by atomic mass is 9.33. The molecule has 0 saturated heterocycles. The van der Waals surface area contributed by atoms with Crippen molar-refractivity contribution in [1.82, 2.24) is 4.57 Å². The van der Waals surface area contributed by atoms with Crippen molar-refractivity contribution in [1.29, 1.82) is 0 Å². The van der Waals surface area contributed by atoms with Crippen LogP contribution in [0.2, 0.25) is 0 Å². The van der Waals surface area contributed by atoms with Gasteiger partial charge in [-0.3, -0.25) is 0 Å². The lowest BCUT2D eigenvalue weighted by Gasteiger charge is -2.46. The number of benzene rings is 13. The summed E-state index contributed by atoms with van der Waals surface area (Å²) in [5, 5.41) is 2.31. The molecule has 2 aliphatic rings. The molecule has 382 valence electrons. The summed E-state index contributed by atoms with van der Waals surface area (Å²) in [5.74, 6) is 0. The summed E-state index contributed by atoms with van der Waals surface area (Å²) >= 11 is 0. The zero-order chi connectivity index (χ0) is 58.4. The Labute approximate surface area is 485 Å². The second kappa shape index (κ2) is 19.6. The molecule has 0 bridgehead atoms. The molecule has 0 N–H and O–H groups in total. The molecule has 0 aliphatic carbocycles. The highest BCUT2D eigenvalue weighted by Gasteiger charge is 2.45. The van der Waals surface area contributed by atoms with Crippen molar-refractivity contribution in [2.45, 2.75) is 0 Å². The molecule has 16 rings (SSSR count). The van der Waals surface area contributed by atoms with Crippen LogP contribution in [0.15, 0.2) is 315 Å². The van der Waals surface area contributed by atoms with E-state index in [1.54, 1.807) is 0 Å². The fourth-order valence-corrected chi connectivity index (χ4v) is 13.1. The molecule has 1 aromatic heterocycles. The number of para-hydroxylation sites is 4. The molecule has 13 aromatic carbocycles. The summed E-state index contributed by atoms with van der Waals surface area (Å²) in [4.78, 5) is 4.87. The molecule has 0 amide bonds. The van der Waals surface area contributed by atoms with Crippen LogP contribution >= 0.6 is 0 Å². The molecule has 0 spiro atoms. The smallest absolute Gasteiger partial charge is 0.252 e. The molecule has 0 saturated carbocycles. The summed E-state index contributed by atoms with van der Waals surface area (Å²) < 4.78 is 49.3. The van der Waals surface area contributed by atoms with Crippen LogP contribution < -0.4 is 26.2 Å². The highest BCUT2D eigenvalue weighted by atomic mass is 15.2. The second-order valence-electron chi connectivity index (χ2n) is 21.2. The molecule has 3 heterocycles. The molecule has 2 aliphatic heterocycles. The van der Waals surface area contributed by atoms with Crippen LogP contribution in [0.1, 0.15) is 6.85 Å². The van der Waals surface area contributed by atoms with Gasteiger partial charge in [-0.25, -0.2) is 0 Å². The van der Waals surface area contributed by atoms with Crippen molar-refractivity contribution >= 4 is 79.0 Å². The van der Waals surface area contributed by atoms with Crippen molar-refractivity contribution in [2.24, 2.45) is 0 Å². The number of hydrogen-bond acceptors (Lipinski definition) is 2. The maximum atomic E-state index is 9.80. The lowest BCUT2D eigenvalue weighted by Crippen LogP contribution is -2.61. The first-order valence-corrected chi connectivity index (χ1v) is 28.0. The van der Waals surface area contributed by atoms with Crippen LogP contribution in [0.3, 0.4) is 0 Å². The van der Waals surface area contributed by atoms with Crippen molar-refractivity contribution < 1.29 is 6.85 Å². The third-order valence-corrected chi connectivity index (χ3v) is 16.6. The summed E-state index contributed by atoms with van der Waals surface area (Å²) in [5.41, 5.74) is 22.5. The van der Waals surface area contributed by atoms with Gasteiger partial charge in [-0.15, -0.1) is 0 Å². The number of nitrogens with zero attached hydrogens (tertiary/aromatic N) is 3. The minimum absolute atomic E-state index is 0.115. The maximum absolute atomic E-state index is 9.80. The van der Waals surface area contributed by atoms with Crippen LogP contribution in [-0.2, 0) is 0 Å². The first kappa shape index (κ1) is 42.3. The van der Waals surface area contributed by atoms with E-state index >= 15 is 0 Å². The Hall–Kier alpha value is -10.7. The van der Waals surface area contributed by atoms with Crippen LogP contribution in [0.5, 0.6) is 0 Å². The van der Waals surface area contributed by atoms with E-state index in [-0.39, 0.29) is 24.4 Å². The number of anilines is 6. The molecule has 0 unspecified atom stereocenters. The number of rotatable bonds is 9. The topological polar surface area (TPSA) is 11.4 Å². The lowest BCUT2D eigenvalue weighted by molar-refractivity contribution is 1.17. The zero-order valence-corrected chi connectivity index (χ0v) is 44.6. The van der Waals surface area contributed by atoms with Crippen molar-refractivity contribution in [3.63, 3.8) is 0 Å².